The van der Waals surface area contributed by atoms with Crippen molar-refractivity contribution in [1.82, 2.24) is 0 Å². The highest BCUT2D eigenvalue weighted by molar-refractivity contribution is 5.91. The van der Waals surface area contributed by atoms with Crippen LogP contribution in [0.3, 0.4) is 0 Å². The molecule has 0 spiro atoms. The zero-order valence-electron chi connectivity index (χ0n) is 12.1. The number of hydrogen-bond acceptors (Lipinski definition) is 2. The predicted octanol–water partition coefficient (Wildman–Crippen LogP) is 4.31. The van der Waals surface area contributed by atoms with Crippen molar-refractivity contribution in [2.75, 3.05) is 0 Å². The Morgan fingerprint density at radius 3 is 2.89 bits per heavy atom. The molecule has 2 unspecified atom stereocenters. The molecule has 0 saturated heterocycles. The lowest BCUT2D eigenvalue weighted by molar-refractivity contribution is -0.128. The molecule has 104 valence electrons. The van der Waals surface area contributed by atoms with E-state index in [1.165, 1.54) is 16.9 Å². The first-order valence-electron chi connectivity index (χ1n) is 7.84. The van der Waals surface area contributed by atoms with Crippen molar-refractivity contribution in [2.24, 2.45) is 5.41 Å². The molecule has 1 heterocycles. The largest absolute Gasteiger partial charge is 0.494 e. The molecule has 0 N–H and O–H groups in total. The SMILES string of the molecule is CCC1CCC2=C(CCC3(CC)C(=O)CCC=C23)O1. The third-order valence-electron chi connectivity index (χ3n) is 5.29. The van der Waals surface area contributed by atoms with Crippen LogP contribution in [0.4, 0.5) is 0 Å². The Balaban J connectivity index is 2.00. The van der Waals surface area contributed by atoms with Crippen LogP contribution in [-0.4, -0.2) is 11.9 Å². The van der Waals surface area contributed by atoms with E-state index in [0.29, 0.717) is 11.9 Å². The maximum Gasteiger partial charge on any atom is 0.143 e. The maximum atomic E-state index is 12.5. The molecule has 2 heteroatoms. The van der Waals surface area contributed by atoms with E-state index in [4.69, 9.17) is 4.74 Å². The van der Waals surface area contributed by atoms with Crippen LogP contribution in [0.2, 0.25) is 0 Å². The summed E-state index contributed by atoms with van der Waals surface area (Å²) in [6.45, 7) is 4.36. The van der Waals surface area contributed by atoms with Crippen LogP contribution >= 0.6 is 0 Å². The number of ether oxygens (including phenoxy) is 1. The summed E-state index contributed by atoms with van der Waals surface area (Å²) >= 11 is 0. The van der Waals surface area contributed by atoms with Gasteiger partial charge in [-0.25, -0.2) is 0 Å². The summed E-state index contributed by atoms with van der Waals surface area (Å²) in [6.07, 6.45) is 10.6. The number of Topliss-reactive ketones (excluding diaryl/α,β-unsaturated/α-hetero) is 1. The van der Waals surface area contributed by atoms with E-state index in [1.807, 2.05) is 0 Å². The average Bonchev–Trinajstić information content (AvgIpc) is 2.47. The zero-order chi connectivity index (χ0) is 13.5. The Bertz CT molecular complexity index is 458. The van der Waals surface area contributed by atoms with Crippen molar-refractivity contribution in [3.63, 3.8) is 0 Å². The zero-order valence-corrected chi connectivity index (χ0v) is 12.1. The van der Waals surface area contributed by atoms with Gasteiger partial charge in [-0.1, -0.05) is 19.9 Å². The molecule has 0 aromatic heterocycles. The Labute approximate surface area is 115 Å². The Kier molecular flexibility index (Phi) is 3.28. The minimum Gasteiger partial charge on any atom is -0.494 e. The molecular weight excluding hydrogens is 236 g/mol. The van der Waals surface area contributed by atoms with Crippen molar-refractivity contribution in [3.8, 4) is 0 Å². The van der Waals surface area contributed by atoms with Gasteiger partial charge < -0.3 is 4.74 Å². The second kappa shape index (κ2) is 4.81. The summed E-state index contributed by atoms with van der Waals surface area (Å²) < 4.78 is 6.14. The monoisotopic (exact) mass is 260 g/mol. The molecule has 3 rings (SSSR count). The summed E-state index contributed by atoms with van der Waals surface area (Å²) in [7, 11) is 0. The van der Waals surface area contributed by atoms with Crippen LogP contribution in [0.1, 0.15) is 65.2 Å². The second-order valence-electron chi connectivity index (χ2n) is 6.10. The number of hydrogen-bond donors (Lipinski definition) is 0. The lowest BCUT2D eigenvalue weighted by atomic mass is 9.61. The van der Waals surface area contributed by atoms with Crippen molar-refractivity contribution in [1.29, 1.82) is 0 Å². The van der Waals surface area contributed by atoms with Gasteiger partial charge in [0.25, 0.3) is 0 Å². The molecule has 1 aliphatic heterocycles. The van der Waals surface area contributed by atoms with Gasteiger partial charge in [0.15, 0.2) is 0 Å². The van der Waals surface area contributed by atoms with Gasteiger partial charge in [-0.3, -0.25) is 4.79 Å². The van der Waals surface area contributed by atoms with Crippen LogP contribution in [-0.2, 0) is 9.53 Å². The third-order valence-corrected chi connectivity index (χ3v) is 5.29. The highest BCUT2D eigenvalue weighted by Crippen LogP contribution is 2.52. The summed E-state index contributed by atoms with van der Waals surface area (Å²) in [5.74, 6) is 1.67. The first-order valence-corrected chi connectivity index (χ1v) is 7.84. The molecule has 0 radical (unpaired) electrons. The number of carbonyl (C=O) groups excluding carboxylic acids is 1. The van der Waals surface area contributed by atoms with E-state index in [-0.39, 0.29) is 5.41 Å². The Morgan fingerprint density at radius 1 is 1.32 bits per heavy atom. The quantitative estimate of drug-likeness (QED) is 0.739. The first-order chi connectivity index (χ1) is 9.21. The number of ketones is 1. The molecule has 0 saturated carbocycles. The highest BCUT2D eigenvalue weighted by atomic mass is 16.5. The minimum absolute atomic E-state index is 0.167. The lowest BCUT2D eigenvalue weighted by Crippen LogP contribution is -2.40. The average molecular weight is 260 g/mol. The fourth-order valence-electron chi connectivity index (χ4n) is 4.07. The molecule has 0 bridgehead atoms. The van der Waals surface area contributed by atoms with Crippen molar-refractivity contribution >= 4 is 5.78 Å². The van der Waals surface area contributed by atoms with Gasteiger partial charge in [-0.15, -0.1) is 0 Å². The molecule has 0 fully saturated rings. The molecule has 3 aliphatic rings. The van der Waals surface area contributed by atoms with E-state index in [9.17, 15) is 4.79 Å². The number of carbonyl (C=O) groups is 1. The number of allylic oxidation sites excluding steroid dienone is 4. The second-order valence-corrected chi connectivity index (χ2v) is 6.10. The fourth-order valence-corrected chi connectivity index (χ4v) is 4.07. The van der Waals surface area contributed by atoms with E-state index in [2.05, 4.69) is 19.9 Å². The van der Waals surface area contributed by atoms with E-state index < -0.39 is 0 Å². The summed E-state index contributed by atoms with van der Waals surface area (Å²) in [4.78, 5) is 12.5. The van der Waals surface area contributed by atoms with Gasteiger partial charge in [0, 0.05) is 12.8 Å². The van der Waals surface area contributed by atoms with Crippen LogP contribution in [0.15, 0.2) is 23.0 Å². The Morgan fingerprint density at radius 2 is 2.16 bits per heavy atom. The summed E-state index contributed by atoms with van der Waals surface area (Å²) in [5, 5.41) is 0. The predicted molar refractivity (Wildman–Crippen MR) is 75.7 cm³/mol. The summed E-state index contributed by atoms with van der Waals surface area (Å²) in [6, 6.07) is 0. The van der Waals surface area contributed by atoms with Gasteiger partial charge in [0.2, 0.25) is 0 Å². The van der Waals surface area contributed by atoms with Crippen molar-refractivity contribution in [3.05, 3.63) is 23.0 Å². The van der Waals surface area contributed by atoms with Gasteiger partial charge in [0.1, 0.15) is 5.78 Å². The molecular formula is C17H24O2. The minimum atomic E-state index is -0.167. The lowest BCUT2D eigenvalue weighted by Gasteiger charge is -2.44. The third kappa shape index (κ3) is 1.87. The van der Waals surface area contributed by atoms with Crippen LogP contribution in [0.25, 0.3) is 0 Å². The molecule has 2 nitrogen and oxygen atoms in total. The molecule has 0 amide bonds. The molecule has 19 heavy (non-hydrogen) atoms. The number of rotatable bonds is 2. The maximum absolute atomic E-state index is 12.5. The fraction of sp³-hybridized carbons (Fsp3) is 0.706. The van der Waals surface area contributed by atoms with Gasteiger partial charge in [0.05, 0.1) is 17.3 Å². The van der Waals surface area contributed by atoms with Crippen molar-refractivity contribution < 1.29 is 9.53 Å². The van der Waals surface area contributed by atoms with E-state index in [0.717, 1.165) is 51.4 Å². The van der Waals surface area contributed by atoms with Gasteiger partial charge in [-0.05, 0) is 49.7 Å². The topological polar surface area (TPSA) is 26.3 Å². The smallest absolute Gasteiger partial charge is 0.143 e. The Hall–Kier alpha value is -1.05. The summed E-state index contributed by atoms with van der Waals surface area (Å²) in [5.41, 5.74) is 2.55. The number of fused-ring (bicyclic) bond motifs is 2. The van der Waals surface area contributed by atoms with Crippen molar-refractivity contribution in [2.45, 2.75) is 71.3 Å². The van der Waals surface area contributed by atoms with Crippen LogP contribution < -0.4 is 0 Å². The van der Waals surface area contributed by atoms with Gasteiger partial charge in [-0.2, -0.15) is 0 Å². The molecule has 0 aromatic carbocycles. The molecule has 2 aliphatic carbocycles. The van der Waals surface area contributed by atoms with E-state index >= 15 is 0 Å². The molecule has 0 aromatic rings. The van der Waals surface area contributed by atoms with E-state index in [1.54, 1.807) is 0 Å². The standard InChI is InChI=1S/C17H24O2/c1-3-12-8-9-13-14-6-5-7-16(18)17(14,4-2)11-10-15(13)19-12/h6,12H,3-5,7-11H2,1-2H3. The first kappa shape index (κ1) is 13.0. The normalized spacial score (nSPS) is 34.3. The van der Waals surface area contributed by atoms with Gasteiger partial charge >= 0.3 is 0 Å². The van der Waals surface area contributed by atoms with Crippen LogP contribution in [0.5, 0.6) is 0 Å². The highest BCUT2D eigenvalue weighted by Gasteiger charge is 2.46. The molecule has 2 atom stereocenters. The van der Waals surface area contributed by atoms with Crippen LogP contribution in [0, 0.1) is 5.41 Å².